The number of carbonyl (C=O) groups excluding carboxylic acids is 2. The van der Waals surface area contributed by atoms with Gasteiger partial charge in [-0.3, -0.25) is 4.79 Å². The lowest BCUT2D eigenvalue weighted by atomic mass is 10.3. The minimum Gasteiger partial charge on any atom is -0.451 e. The van der Waals surface area contributed by atoms with Gasteiger partial charge in [0.15, 0.2) is 17.5 Å². The van der Waals surface area contributed by atoms with Crippen LogP contribution in [-0.4, -0.2) is 28.5 Å². The first-order valence-electron chi connectivity index (χ1n) is 6.18. The molecule has 2 aromatic heterocycles. The van der Waals surface area contributed by atoms with Gasteiger partial charge >= 0.3 is 5.97 Å². The number of aromatic nitrogens is 2. The van der Waals surface area contributed by atoms with Crippen LogP contribution in [0, 0.1) is 0 Å². The summed E-state index contributed by atoms with van der Waals surface area (Å²) in [5, 5.41) is 2.32. The number of carbonyl (C=O) groups is 2. The molecule has 0 spiro atoms. The normalized spacial score (nSPS) is 10.3. The fourth-order valence-electron chi connectivity index (χ4n) is 1.49. The van der Waals surface area contributed by atoms with Crippen LogP contribution in [0.5, 0.6) is 0 Å². The van der Waals surface area contributed by atoms with E-state index in [0.717, 1.165) is 0 Å². The van der Waals surface area contributed by atoms with Gasteiger partial charge < -0.3 is 15.8 Å². The average Bonchev–Trinajstić information content (AvgIpc) is 2.56. The Morgan fingerprint density at radius 1 is 1.17 bits per heavy atom. The molecule has 0 fully saturated rings. The van der Waals surface area contributed by atoms with E-state index in [-0.39, 0.29) is 32.4 Å². The molecule has 2 aromatic rings. The molecule has 0 saturated carbocycles. The molecule has 0 saturated heterocycles. The number of nitrogen functional groups attached to an aromatic ring is 1. The highest BCUT2D eigenvalue weighted by atomic mass is 35.5. The predicted octanol–water partition coefficient (Wildman–Crippen LogP) is 3.47. The van der Waals surface area contributed by atoms with Crippen LogP contribution in [0.4, 0.5) is 11.5 Å². The van der Waals surface area contributed by atoms with E-state index in [2.05, 4.69) is 15.3 Å². The molecule has 126 valence electrons. The Balaban J connectivity index is 2.00. The number of anilines is 2. The number of ether oxygens (including phenoxy) is 1. The summed E-state index contributed by atoms with van der Waals surface area (Å²) in [6.07, 6.45) is 1.35. The summed E-state index contributed by atoms with van der Waals surface area (Å²) in [6.45, 7) is -0.596. The highest BCUT2D eigenvalue weighted by Crippen LogP contribution is 2.34. The first-order chi connectivity index (χ1) is 11.3. The molecule has 2 rings (SSSR count). The lowest BCUT2D eigenvalue weighted by Gasteiger charge is -2.09. The zero-order valence-corrected chi connectivity index (χ0v) is 14.7. The highest BCUT2D eigenvalue weighted by Gasteiger charge is 2.21. The smallest absolute Gasteiger partial charge is 0.359 e. The van der Waals surface area contributed by atoms with Gasteiger partial charge in [0.2, 0.25) is 0 Å². The second kappa shape index (κ2) is 7.85. The lowest BCUT2D eigenvalue weighted by Crippen LogP contribution is -2.22. The Kier molecular flexibility index (Phi) is 6.06. The second-order valence-corrected chi connectivity index (χ2v) is 5.83. The predicted molar refractivity (Wildman–Crippen MR) is 91.8 cm³/mol. The van der Waals surface area contributed by atoms with Gasteiger partial charge in [-0.2, -0.15) is 0 Å². The van der Waals surface area contributed by atoms with Crippen molar-refractivity contribution < 1.29 is 14.3 Å². The van der Waals surface area contributed by atoms with Crippen molar-refractivity contribution >= 4 is 69.8 Å². The van der Waals surface area contributed by atoms with Gasteiger partial charge in [-0.15, -0.1) is 0 Å². The van der Waals surface area contributed by atoms with Crippen LogP contribution in [0.3, 0.4) is 0 Å². The van der Waals surface area contributed by atoms with Crippen LogP contribution in [0.15, 0.2) is 18.3 Å². The summed E-state index contributed by atoms with van der Waals surface area (Å²) in [7, 11) is 0. The SMILES string of the molecule is Nc1c(Cl)c(Cl)nc(C(=O)OCC(=O)Nc2ccc(Cl)cn2)c1Cl. The van der Waals surface area contributed by atoms with E-state index in [4.69, 9.17) is 56.9 Å². The minimum atomic E-state index is -0.982. The summed E-state index contributed by atoms with van der Waals surface area (Å²) in [4.78, 5) is 31.2. The lowest BCUT2D eigenvalue weighted by molar-refractivity contribution is -0.119. The zero-order chi connectivity index (χ0) is 17.9. The van der Waals surface area contributed by atoms with Crippen molar-refractivity contribution in [1.82, 2.24) is 9.97 Å². The van der Waals surface area contributed by atoms with Gasteiger partial charge in [0.05, 0.1) is 15.7 Å². The Labute approximate surface area is 156 Å². The van der Waals surface area contributed by atoms with Crippen LogP contribution in [0.1, 0.15) is 10.5 Å². The first kappa shape index (κ1) is 18.5. The number of hydrogen-bond acceptors (Lipinski definition) is 6. The molecule has 0 aliphatic carbocycles. The van der Waals surface area contributed by atoms with Gasteiger partial charge in [0.25, 0.3) is 5.91 Å². The molecule has 0 aliphatic heterocycles. The number of nitrogens with one attached hydrogen (secondary N) is 1. The molecule has 1 amide bonds. The number of nitrogens with two attached hydrogens (primary N) is 1. The van der Waals surface area contributed by atoms with Crippen LogP contribution >= 0.6 is 46.4 Å². The molecular formula is C13H8Cl4N4O3. The van der Waals surface area contributed by atoms with E-state index in [0.29, 0.717) is 5.02 Å². The first-order valence-corrected chi connectivity index (χ1v) is 7.69. The van der Waals surface area contributed by atoms with Crippen molar-refractivity contribution in [3.8, 4) is 0 Å². The Morgan fingerprint density at radius 2 is 1.88 bits per heavy atom. The minimum absolute atomic E-state index is 0.0789. The topological polar surface area (TPSA) is 107 Å². The fourth-order valence-corrected chi connectivity index (χ4v) is 2.19. The molecule has 0 aliphatic rings. The monoisotopic (exact) mass is 408 g/mol. The van der Waals surface area contributed by atoms with Gasteiger partial charge in [-0.1, -0.05) is 46.4 Å². The third kappa shape index (κ3) is 4.39. The third-order valence-electron chi connectivity index (χ3n) is 2.59. The molecule has 24 heavy (non-hydrogen) atoms. The van der Waals surface area contributed by atoms with E-state index in [1.165, 1.54) is 12.3 Å². The maximum Gasteiger partial charge on any atom is 0.359 e. The zero-order valence-electron chi connectivity index (χ0n) is 11.6. The molecule has 0 radical (unpaired) electrons. The largest absolute Gasteiger partial charge is 0.451 e. The number of amides is 1. The highest BCUT2D eigenvalue weighted by molar-refractivity contribution is 6.46. The summed E-state index contributed by atoms with van der Waals surface area (Å²) in [5.74, 6) is -1.36. The van der Waals surface area contributed by atoms with E-state index in [1.54, 1.807) is 6.07 Å². The number of rotatable bonds is 4. The number of pyridine rings is 2. The summed E-state index contributed by atoms with van der Waals surface area (Å²) in [6, 6.07) is 3.03. The van der Waals surface area contributed by atoms with Crippen molar-refractivity contribution in [1.29, 1.82) is 0 Å². The quantitative estimate of drug-likeness (QED) is 0.591. The van der Waals surface area contributed by atoms with Crippen LogP contribution in [0.25, 0.3) is 0 Å². The maximum absolute atomic E-state index is 11.9. The van der Waals surface area contributed by atoms with Crippen LogP contribution in [0.2, 0.25) is 20.2 Å². The molecule has 0 unspecified atom stereocenters. The third-order valence-corrected chi connectivity index (χ3v) is 3.95. The van der Waals surface area contributed by atoms with Gasteiger partial charge in [-0.05, 0) is 12.1 Å². The second-order valence-electron chi connectivity index (χ2n) is 4.28. The Hall–Kier alpha value is -1.80. The van der Waals surface area contributed by atoms with E-state index >= 15 is 0 Å². The summed E-state index contributed by atoms with van der Waals surface area (Å²) < 4.78 is 4.81. The van der Waals surface area contributed by atoms with Crippen LogP contribution in [-0.2, 0) is 9.53 Å². The molecule has 2 heterocycles. The number of hydrogen-bond donors (Lipinski definition) is 2. The Bertz CT molecular complexity index is 799. The maximum atomic E-state index is 11.9. The number of halogens is 4. The van der Waals surface area contributed by atoms with E-state index in [1.807, 2.05) is 0 Å². The van der Waals surface area contributed by atoms with Crippen molar-refractivity contribution in [2.75, 3.05) is 17.7 Å². The molecule has 0 aromatic carbocycles. The van der Waals surface area contributed by atoms with E-state index in [9.17, 15) is 9.59 Å². The van der Waals surface area contributed by atoms with Crippen LogP contribution < -0.4 is 11.1 Å². The molecule has 7 nitrogen and oxygen atoms in total. The average molecular weight is 410 g/mol. The van der Waals surface area contributed by atoms with Crippen molar-refractivity contribution in [3.63, 3.8) is 0 Å². The van der Waals surface area contributed by atoms with Crippen molar-refractivity contribution in [2.24, 2.45) is 0 Å². The fraction of sp³-hybridized carbons (Fsp3) is 0.0769. The van der Waals surface area contributed by atoms with Crippen molar-refractivity contribution in [3.05, 3.63) is 44.2 Å². The molecule has 0 atom stereocenters. The molecule has 3 N–H and O–H groups in total. The van der Waals surface area contributed by atoms with E-state index < -0.39 is 18.5 Å². The molecular weight excluding hydrogens is 402 g/mol. The number of esters is 1. The Morgan fingerprint density at radius 3 is 2.50 bits per heavy atom. The van der Waals surface area contributed by atoms with Gasteiger partial charge in [0.1, 0.15) is 10.8 Å². The molecule has 11 heteroatoms. The summed E-state index contributed by atoms with van der Waals surface area (Å²) in [5.41, 5.74) is 5.14. The standard InChI is InChI=1S/C13H8Cl4N4O3/c14-5-1-2-6(19-3-5)20-7(22)4-24-13(23)11-8(15)10(18)9(16)12(17)21-11/h1-3H,4H2,(H2,18,21)(H,19,20,22). The van der Waals surface area contributed by atoms with Gasteiger partial charge in [-0.25, -0.2) is 14.8 Å². The number of nitrogens with zero attached hydrogens (tertiary/aromatic N) is 2. The van der Waals surface area contributed by atoms with Gasteiger partial charge in [0, 0.05) is 6.20 Å². The molecule has 0 bridgehead atoms. The summed E-state index contributed by atoms with van der Waals surface area (Å²) >= 11 is 23.0. The van der Waals surface area contributed by atoms with Crippen molar-refractivity contribution in [2.45, 2.75) is 0 Å².